The van der Waals surface area contributed by atoms with Gasteiger partial charge in [0.05, 0.1) is 4.88 Å². The van der Waals surface area contributed by atoms with Gasteiger partial charge in [-0.1, -0.05) is 6.92 Å². The van der Waals surface area contributed by atoms with Gasteiger partial charge in [-0.25, -0.2) is 0 Å². The first-order valence-corrected chi connectivity index (χ1v) is 6.25. The second kappa shape index (κ2) is 5.98. The maximum absolute atomic E-state index is 11.6. The van der Waals surface area contributed by atoms with Gasteiger partial charge in [0, 0.05) is 21.7 Å². The summed E-state index contributed by atoms with van der Waals surface area (Å²) in [7, 11) is 0. The van der Waals surface area contributed by atoms with Crippen LogP contribution in [0.3, 0.4) is 0 Å². The van der Waals surface area contributed by atoms with Crippen LogP contribution < -0.4 is 5.56 Å². The second-order valence-electron chi connectivity index (χ2n) is 3.84. The number of pyridine rings is 1. The van der Waals surface area contributed by atoms with Crippen LogP contribution in [0, 0.1) is 6.92 Å². The van der Waals surface area contributed by atoms with E-state index in [0.717, 1.165) is 28.0 Å². The summed E-state index contributed by atoms with van der Waals surface area (Å²) in [6, 6.07) is 5.62. The van der Waals surface area contributed by atoms with E-state index in [0.29, 0.717) is 11.3 Å². The summed E-state index contributed by atoms with van der Waals surface area (Å²) < 4.78 is 0. The van der Waals surface area contributed by atoms with Crippen LogP contribution in [0.1, 0.15) is 27.9 Å². The molecule has 0 fully saturated rings. The van der Waals surface area contributed by atoms with Crippen LogP contribution in [0.25, 0.3) is 10.4 Å². The number of aromatic amines is 1. The summed E-state index contributed by atoms with van der Waals surface area (Å²) in [5, 5.41) is 0. The van der Waals surface area contributed by atoms with Gasteiger partial charge in [-0.05, 0) is 31.5 Å². The molecule has 0 aliphatic heterocycles. The van der Waals surface area contributed by atoms with Crippen LogP contribution >= 0.6 is 23.7 Å². The molecule has 0 saturated heterocycles. The van der Waals surface area contributed by atoms with Crippen molar-refractivity contribution in [3.05, 3.63) is 44.7 Å². The molecular formula is C13H14ClNO2S. The number of rotatable bonds is 3. The Morgan fingerprint density at radius 3 is 2.67 bits per heavy atom. The van der Waals surface area contributed by atoms with Crippen molar-refractivity contribution in [3.63, 3.8) is 0 Å². The van der Waals surface area contributed by atoms with Crippen molar-refractivity contribution in [2.24, 2.45) is 0 Å². The van der Waals surface area contributed by atoms with E-state index in [4.69, 9.17) is 0 Å². The third kappa shape index (κ3) is 2.71. The highest BCUT2D eigenvalue weighted by Gasteiger charge is 2.08. The maximum atomic E-state index is 11.6. The van der Waals surface area contributed by atoms with Gasteiger partial charge in [0.25, 0.3) is 5.56 Å². The van der Waals surface area contributed by atoms with Crippen molar-refractivity contribution < 1.29 is 4.79 Å². The largest absolute Gasteiger partial charge is 0.326 e. The lowest BCUT2D eigenvalue weighted by molar-refractivity contribution is 0.112. The normalized spacial score (nSPS) is 9.89. The third-order valence-corrected chi connectivity index (χ3v) is 3.75. The second-order valence-corrected chi connectivity index (χ2v) is 4.95. The molecule has 2 heterocycles. The summed E-state index contributed by atoms with van der Waals surface area (Å²) in [5.74, 6) is 0. The van der Waals surface area contributed by atoms with Gasteiger partial charge in [0.2, 0.25) is 0 Å². The zero-order valence-corrected chi connectivity index (χ0v) is 11.8. The number of aromatic nitrogens is 1. The summed E-state index contributed by atoms with van der Waals surface area (Å²) in [6.45, 7) is 3.82. The first-order chi connectivity index (χ1) is 8.15. The number of hydrogen-bond donors (Lipinski definition) is 1. The van der Waals surface area contributed by atoms with Crippen LogP contribution in [0.5, 0.6) is 0 Å². The average Bonchev–Trinajstić information content (AvgIpc) is 2.78. The lowest BCUT2D eigenvalue weighted by atomic mass is 10.1. The minimum Gasteiger partial charge on any atom is -0.326 e. The van der Waals surface area contributed by atoms with Gasteiger partial charge in [-0.3, -0.25) is 9.59 Å². The lowest BCUT2D eigenvalue weighted by Gasteiger charge is -2.05. The molecule has 3 nitrogen and oxygen atoms in total. The molecule has 0 radical (unpaired) electrons. The predicted molar refractivity (Wildman–Crippen MR) is 77.1 cm³/mol. The number of halogens is 1. The minimum absolute atomic E-state index is 0. The summed E-state index contributed by atoms with van der Waals surface area (Å²) in [5.41, 5.74) is 2.58. The summed E-state index contributed by atoms with van der Waals surface area (Å²) in [6.07, 6.45) is 1.55. The van der Waals surface area contributed by atoms with Crippen LogP contribution in [0.4, 0.5) is 0 Å². The Morgan fingerprint density at radius 2 is 2.11 bits per heavy atom. The number of aldehydes is 1. The van der Waals surface area contributed by atoms with E-state index in [-0.39, 0.29) is 18.0 Å². The number of hydrogen-bond acceptors (Lipinski definition) is 3. The van der Waals surface area contributed by atoms with Crippen LogP contribution in [-0.2, 0) is 6.42 Å². The number of nitrogens with one attached hydrogen (secondary N) is 1. The van der Waals surface area contributed by atoms with Crippen LogP contribution in [0.15, 0.2) is 23.0 Å². The summed E-state index contributed by atoms with van der Waals surface area (Å²) >= 11 is 1.44. The lowest BCUT2D eigenvalue weighted by Crippen LogP contribution is -2.13. The van der Waals surface area contributed by atoms with Crippen LogP contribution in [0.2, 0.25) is 0 Å². The highest BCUT2D eigenvalue weighted by molar-refractivity contribution is 7.17. The Bertz CT molecular complexity index is 616. The number of carbonyl (C=O) groups excluding carboxylic acids is 1. The van der Waals surface area contributed by atoms with E-state index in [9.17, 15) is 9.59 Å². The molecule has 0 amide bonds. The molecule has 2 aromatic rings. The van der Waals surface area contributed by atoms with E-state index in [1.807, 2.05) is 26.0 Å². The Balaban J connectivity index is 0.00000162. The van der Waals surface area contributed by atoms with Crippen molar-refractivity contribution in [1.29, 1.82) is 0 Å². The zero-order valence-electron chi connectivity index (χ0n) is 10.1. The predicted octanol–water partition coefficient (Wildman–Crippen LogP) is 3.21. The highest BCUT2D eigenvalue weighted by Crippen LogP contribution is 2.29. The Kier molecular flexibility index (Phi) is 4.87. The van der Waals surface area contributed by atoms with Crippen molar-refractivity contribution in [2.45, 2.75) is 20.3 Å². The van der Waals surface area contributed by atoms with Crippen molar-refractivity contribution in [1.82, 2.24) is 4.98 Å². The van der Waals surface area contributed by atoms with E-state index in [1.165, 1.54) is 11.3 Å². The first kappa shape index (κ1) is 14.7. The first-order valence-electron chi connectivity index (χ1n) is 5.44. The molecule has 0 bridgehead atoms. The van der Waals surface area contributed by atoms with Crippen LogP contribution in [-0.4, -0.2) is 11.3 Å². The molecule has 1 N–H and O–H groups in total. The molecule has 2 rings (SSSR count). The van der Waals surface area contributed by atoms with E-state index in [2.05, 4.69) is 4.98 Å². The third-order valence-electron chi connectivity index (χ3n) is 2.70. The van der Waals surface area contributed by atoms with Gasteiger partial charge in [-0.15, -0.1) is 23.7 Å². The average molecular weight is 284 g/mol. The maximum Gasteiger partial charge on any atom is 0.251 e. The Morgan fingerprint density at radius 1 is 1.39 bits per heavy atom. The molecule has 0 atom stereocenters. The molecule has 0 aliphatic rings. The molecule has 0 saturated carbocycles. The monoisotopic (exact) mass is 283 g/mol. The number of H-pyrrole nitrogens is 1. The molecule has 5 heteroatoms. The highest BCUT2D eigenvalue weighted by atomic mass is 35.5. The van der Waals surface area contributed by atoms with Gasteiger partial charge in [-0.2, -0.15) is 0 Å². The van der Waals surface area contributed by atoms with Gasteiger partial charge >= 0.3 is 0 Å². The molecule has 0 aromatic carbocycles. The van der Waals surface area contributed by atoms with Gasteiger partial charge in [0.15, 0.2) is 6.29 Å². The molecule has 96 valence electrons. The molecule has 0 spiro atoms. The van der Waals surface area contributed by atoms with E-state index >= 15 is 0 Å². The fraction of sp³-hybridized carbons (Fsp3) is 0.231. The fourth-order valence-electron chi connectivity index (χ4n) is 1.75. The molecule has 2 aromatic heterocycles. The number of thiophene rings is 1. The van der Waals surface area contributed by atoms with Gasteiger partial charge in [0.1, 0.15) is 0 Å². The standard InChI is InChI=1S/C13H13NO2S.ClH/c1-3-9-6-11(8(2)14-13(9)16)12-5-4-10(7-15)17-12;/h4-7H,3H2,1-2H3,(H,14,16);1H. The molecule has 0 aliphatic carbocycles. The quantitative estimate of drug-likeness (QED) is 0.880. The van der Waals surface area contributed by atoms with Crippen molar-refractivity contribution in [3.8, 4) is 10.4 Å². The molecule has 18 heavy (non-hydrogen) atoms. The van der Waals surface area contributed by atoms with Crippen molar-refractivity contribution in [2.75, 3.05) is 0 Å². The smallest absolute Gasteiger partial charge is 0.251 e. The molecule has 0 unspecified atom stereocenters. The van der Waals surface area contributed by atoms with Gasteiger partial charge < -0.3 is 4.98 Å². The molecular weight excluding hydrogens is 270 g/mol. The SMILES string of the molecule is CCc1cc(-c2ccc(C=O)s2)c(C)[nH]c1=O.Cl. The number of carbonyl (C=O) groups is 1. The van der Waals surface area contributed by atoms with Crippen molar-refractivity contribution >= 4 is 30.0 Å². The summed E-state index contributed by atoms with van der Waals surface area (Å²) in [4.78, 5) is 26.8. The number of aryl methyl sites for hydroxylation is 2. The van der Waals surface area contributed by atoms with E-state index < -0.39 is 0 Å². The minimum atomic E-state index is -0.0269. The zero-order chi connectivity index (χ0) is 12.4. The Labute approximate surface area is 115 Å². The topological polar surface area (TPSA) is 49.9 Å². The Hall–Kier alpha value is -1.39. The van der Waals surface area contributed by atoms with E-state index in [1.54, 1.807) is 6.07 Å². The fourth-order valence-corrected chi connectivity index (χ4v) is 2.64.